The fourth-order valence-electron chi connectivity index (χ4n) is 3.91. The molecule has 0 radical (unpaired) electrons. The van der Waals surface area contributed by atoms with Crippen LogP contribution in [0.15, 0.2) is 103 Å². The van der Waals surface area contributed by atoms with Gasteiger partial charge in [-0.3, -0.25) is 4.98 Å². The maximum absolute atomic E-state index is 4.95. The van der Waals surface area contributed by atoms with Crippen LogP contribution in [0.3, 0.4) is 0 Å². The van der Waals surface area contributed by atoms with Crippen LogP contribution in [0.25, 0.3) is 33.9 Å². The molecule has 0 atom stereocenters. The predicted octanol–water partition coefficient (Wildman–Crippen LogP) is 6.80. The number of benzene rings is 2. The maximum Gasteiger partial charge on any atom is 2.00 e. The molecule has 0 aliphatic carbocycles. The quantitative estimate of drug-likeness (QED) is 0.203. The van der Waals surface area contributed by atoms with Crippen LogP contribution in [-0.4, -0.2) is 15.0 Å². The third-order valence-electron chi connectivity index (χ3n) is 5.90. The van der Waals surface area contributed by atoms with E-state index in [2.05, 4.69) is 55.2 Å². The number of aromatic nitrogens is 3. The first-order valence-electron chi connectivity index (χ1n) is 11.0. The summed E-state index contributed by atoms with van der Waals surface area (Å²) in [6, 6.07) is 36.9. The third-order valence-corrected chi connectivity index (χ3v) is 5.90. The Hall–Kier alpha value is -3.42. The Morgan fingerprint density at radius 1 is 0.676 bits per heavy atom. The molecule has 3 nitrogen and oxygen atoms in total. The van der Waals surface area contributed by atoms with Gasteiger partial charge in [0.25, 0.3) is 0 Å². The molecule has 0 N–H and O–H groups in total. The minimum Gasteiger partial charge on any atom is -0.391 e. The minimum absolute atomic E-state index is 0. The van der Waals surface area contributed by atoms with E-state index in [0.29, 0.717) is 0 Å². The van der Waals surface area contributed by atoms with Crippen molar-refractivity contribution in [2.24, 2.45) is 0 Å². The van der Waals surface area contributed by atoms with Crippen LogP contribution < -0.4 is 0 Å². The summed E-state index contributed by atoms with van der Waals surface area (Å²) >= 11 is 0. The van der Waals surface area contributed by atoms with Crippen molar-refractivity contribution in [3.05, 3.63) is 127 Å². The number of rotatable bonds is 5. The van der Waals surface area contributed by atoms with Crippen LogP contribution in [-0.2, 0) is 26.5 Å². The first-order valence-corrected chi connectivity index (χ1v) is 11.0. The van der Waals surface area contributed by atoms with Gasteiger partial charge in [-0.25, -0.2) is 4.98 Å². The van der Waals surface area contributed by atoms with Crippen molar-refractivity contribution in [1.29, 1.82) is 0 Å². The van der Waals surface area contributed by atoms with Gasteiger partial charge in [0, 0.05) is 5.56 Å². The predicted molar refractivity (Wildman–Crippen MR) is 132 cm³/mol. The second-order valence-corrected chi connectivity index (χ2v) is 8.45. The van der Waals surface area contributed by atoms with E-state index in [1.165, 1.54) is 5.56 Å². The van der Waals surface area contributed by atoms with Gasteiger partial charge in [0.05, 0.1) is 17.1 Å². The van der Waals surface area contributed by atoms with E-state index in [1.807, 2.05) is 72.9 Å². The summed E-state index contributed by atoms with van der Waals surface area (Å²) in [5.74, 6) is 0. The van der Waals surface area contributed by atoms with Gasteiger partial charge in [-0.2, -0.15) is 12.1 Å². The standard InChI is InChI=1S/C30H23N3.Pt/c1-30(2,25-14-9-19-31-21-25)24-13-6-12-23(20-24)27-16-8-18-29(33-27)28-17-7-15-26(32-28)22-10-4-3-5-11-22;/h3-10,12-13,15-21H,1-2H3;/q-2;+2. The zero-order chi connectivity index (χ0) is 22.7. The summed E-state index contributed by atoms with van der Waals surface area (Å²) in [6.45, 7) is 4.39. The van der Waals surface area contributed by atoms with Gasteiger partial charge in [-0.1, -0.05) is 62.6 Å². The first-order chi connectivity index (χ1) is 16.1. The fourth-order valence-corrected chi connectivity index (χ4v) is 3.91. The molecule has 5 aromatic rings. The number of nitrogens with zero attached hydrogens (tertiary/aromatic N) is 3. The Morgan fingerprint density at radius 3 is 2.09 bits per heavy atom. The van der Waals surface area contributed by atoms with Gasteiger partial charge >= 0.3 is 21.1 Å². The molecular formula is C30H23N3Pt. The van der Waals surface area contributed by atoms with Crippen molar-refractivity contribution < 1.29 is 21.1 Å². The van der Waals surface area contributed by atoms with E-state index in [1.54, 1.807) is 6.20 Å². The van der Waals surface area contributed by atoms with Crippen LogP contribution >= 0.6 is 0 Å². The van der Waals surface area contributed by atoms with Crippen molar-refractivity contribution in [1.82, 2.24) is 15.0 Å². The molecule has 0 amide bonds. The van der Waals surface area contributed by atoms with E-state index in [4.69, 9.17) is 9.97 Å². The van der Waals surface area contributed by atoms with Crippen molar-refractivity contribution in [2.75, 3.05) is 0 Å². The van der Waals surface area contributed by atoms with Crippen LogP contribution in [0.2, 0.25) is 0 Å². The van der Waals surface area contributed by atoms with Crippen molar-refractivity contribution in [2.45, 2.75) is 19.3 Å². The van der Waals surface area contributed by atoms with Crippen LogP contribution in [0.5, 0.6) is 0 Å². The average Bonchev–Trinajstić information content (AvgIpc) is 2.90. The molecular weight excluding hydrogens is 597 g/mol. The topological polar surface area (TPSA) is 38.7 Å². The summed E-state index contributed by atoms with van der Waals surface area (Å²) in [7, 11) is 0. The largest absolute Gasteiger partial charge is 2.00 e. The number of pyridine rings is 3. The Kier molecular flexibility index (Phi) is 7.14. The molecule has 0 aliphatic heterocycles. The summed E-state index contributed by atoms with van der Waals surface area (Å²) < 4.78 is 0. The zero-order valence-corrected chi connectivity index (χ0v) is 21.2. The molecule has 34 heavy (non-hydrogen) atoms. The minimum atomic E-state index is -0.218. The van der Waals surface area contributed by atoms with Crippen molar-refractivity contribution in [3.63, 3.8) is 0 Å². The van der Waals surface area contributed by atoms with E-state index in [0.717, 1.165) is 39.5 Å². The van der Waals surface area contributed by atoms with Crippen LogP contribution in [0.4, 0.5) is 0 Å². The molecule has 3 heterocycles. The second kappa shape index (κ2) is 10.2. The maximum atomic E-state index is 4.95. The Bertz CT molecular complexity index is 1380. The fraction of sp³-hybridized carbons (Fsp3) is 0.100. The molecule has 0 saturated heterocycles. The number of hydrogen-bond acceptors (Lipinski definition) is 3. The van der Waals surface area contributed by atoms with Gasteiger partial charge < -0.3 is 4.98 Å². The molecule has 3 aromatic heterocycles. The van der Waals surface area contributed by atoms with Crippen LogP contribution in [0.1, 0.15) is 25.0 Å². The third kappa shape index (κ3) is 4.90. The normalized spacial score (nSPS) is 11.0. The molecule has 5 rings (SSSR count). The average molecular weight is 621 g/mol. The molecule has 0 unspecified atom stereocenters. The summed E-state index contributed by atoms with van der Waals surface area (Å²) in [4.78, 5) is 14.1. The Labute approximate surface area is 215 Å². The molecule has 4 heteroatoms. The van der Waals surface area contributed by atoms with E-state index in [9.17, 15) is 0 Å². The van der Waals surface area contributed by atoms with Crippen molar-refractivity contribution >= 4 is 0 Å². The molecule has 0 aliphatic rings. The van der Waals surface area contributed by atoms with Crippen LogP contribution in [0, 0.1) is 12.1 Å². The second-order valence-electron chi connectivity index (χ2n) is 8.45. The molecule has 168 valence electrons. The van der Waals surface area contributed by atoms with Crippen molar-refractivity contribution in [3.8, 4) is 33.9 Å². The van der Waals surface area contributed by atoms with Gasteiger partial charge in [0.15, 0.2) is 0 Å². The molecule has 0 fully saturated rings. The summed E-state index contributed by atoms with van der Waals surface area (Å²) in [6.07, 6.45) is 3.64. The van der Waals surface area contributed by atoms with E-state index >= 15 is 0 Å². The number of hydrogen-bond donors (Lipinski definition) is 0. The van der Waals surface area contributed by atoms with E-state index < -0.39 is 0 Å². The Morgan fingerprint density at radius 2 is 1.38 bits per heavy atom. The molecule has 0 saturated carbocycles. The van der Waals surface area contributed by atoms with E-state index in [-0.39, 0.29) is 26.5 Å². The first kappa shape index (κ1) is 23.7. The molecule has 0 bridgehead atoms. The van der Waals surface area contributed by atoms with Gasteiger partial charge in [0.1, 0.15) is 0 Å². The summed E-state index contributed by atoms with van der Waals surface area (Å²) in [5.41, 5.74) is 7.55. The zero-order valence-electron chi connectivity index (χ0n) is 19.0. The van der Waals surface area contributed by atoms with Gasteiger partial charge in [-0.15, -0.1) is 41.5 Å². The molecule has 0 spiro atoms. The monoisotopic (exact) mass is 620 g/mol. The SMILES string of the molecule is CC(C)(c1[c-]ccnc1)c1cccc(-c2cccc(-c3cccc(-c4[c-]cccc4)n3)n2)c1.[Pt+2]. The smallest absolute Gasteiger partial charge is 0.391 e. The van der Waals surface area contributed by atoms with Gasteiger partial charge in [-0.05, 0) is 40.9 Å². The molecule has 2 aromatic carbocycles. The summed E-state index contributed by atoms with van der Waals surface area (Å²) in [5, 5.41) is 0. The van der Waals surface area contributed by atoms with Gasteiger partial charge in [0.2, 0.25) is 0 Å². The Balaban J connectivity index is 0.00000274.